The number of nitrogens with zero attached hydrogens (tertiary/aromatic N) is 1. The molecule has 0 aromatic heterocycles. The lowest BCUT2D eigenvalue weighted by Crippen LogP contribution is -2.47. The second-order valence-corrected chi connectivity index (χ2v) is 7.59. The fourth-order valence-corrected chi connectivity index (χ4v) is 4.16. The molecule has 1 aromatic carbocycles. The van der Waals surface area contributed by atoms with Crippen LogP contribution in [0.5, 0.6) is 0 Å². The maximum Gasteiger partial charge on any atom is 0.187 e. The Labute approximate surface area is 97.0 Å². The number of sulfone groups is 1. The first-order valence-corrected chi connectivity index (χ1v) is 6.81. The van der Waals surface area contributed by atoms with Crippen LogP contribution in [-0.4, -0.2) is 26.8 Å². The summed E-state index contributed by atoms with van der Waals surface area (Å²) in [5, 5.41) is 0. The smallest absolute Gasteiger partial charge is 0.187 e. The predicted molar refractivity (Wildman–Crippen MR) is 65.7 cm³/mol. The second-order valence-electron chi connectivity index (χ2n) is 5.04. The van der Waals surface area contributed by atoms with Gasteiger partial charge in [0.1, 0.15) is 0 Å². The van der Waals surface area contributed by atoms with Crippen molar-refractivity contribution in [3.05, 3.63) is 23.8 Å². The van der Waals surface area contributed by atoms with Crippen LogP contribution in [0.25, 0.3) is 0 Å². The normalized spacial score (nSPS) is 21.6. The Bertz CT molecular complexity index is 532. The van der Waals surface area contributed by atoms with E-state index >= 15 is 0 Å². The molecule has 0 saturated carbocycles. The summed E-state index contributed by atoms with van der Waals surface area (Å²) < 4.78 is 24.1. The number of rotatable bonds is 0. The number of para-hydroxylation sites is 1. The highest BCUT2D eigenvalue weighted by Gasteiger charge is 2.43. The molecule has 88 valence electrons. The van der Waals surface area contributed by atoms with E-state index < -0.39 is 14.6 Å². The van der Waals surface area contributed by atoms with E-state index in [9.17, 15) is 8.42 Å². The molecule has 1 aliphatic rings. The molecule has 0 N–H and O–H groups in total. The second kappa shape index (κ2) is 3.23. The van der Waals surface area contributed by atoms with Crippen LogP contribution in [0.15, 0.2) is 23.1 Å². The van der Waals surface area contributed by atoms with Crippen molar-refractivity contribution in [3.63, 3.8) is 0 Å². The third-order valence-electron chi connectivity index (χ3n) is 3.22. The minimum atomic E-state index is -3.22. The molecule has 0 aliphatic carbocycles. The van der Waals surface area contributed by atoms with E-state index in [1.165, 1.54) is 0 Å². The summed E-state index contributed by atoms with van der Waals surface area (Å²) in [6.07, 6.45) is 0. The largest absolute Gasteiger partial charge is 0.372 e. The molecule has 4 heteroatoms. The molecule has 0 amide bonds. The Hall–Kier alpha value is -1.03. The maximum atomic E-state index is 12.4. The Morgan fingerprint density at radius 1 is 1.31 bits per heavy atom. The predicted octanol–water partition coefficient (Wildman–Crippen LogP) is 2.00. The molecule has 0 radical (unpaired) electrons. The van der Waals surface area contributed by atoms with Gasteiger partial charge >= 0.3 is 0 Å². The van der Waals surface area contributed by atoms with E-state index in [0.717, 1.165) is 11.3 Å². The molecule has 0 atom stereocenters. The first kappa shape index (κ1) is 11.5. The standard InChI is InChI=1S/C12H17NO2S/c1-9-6-5-7-10-11(9)13(4)8-12(2,3)16(10,14)15/h5-7H,8H2,1-4H3. The van der Waals surface area contributed by atoms with Crippen LogP contribution < -0.4 is 4.90 Å². The van der Waals surface area contributed by atoms with Gasteiger partial charge in [0.15, 0.2) is 9.84 Å². The Morgan fingerprint density at radius 3 is 2.56 bits per heavy atom. The molecular formula is C12H17NO2S. The molecule has 0 unspecified atom stereocenters. The van der Waals surface area contributed by atoms with Crippen molar-refractivity contribution in [1.29, 1.82) is 0 Å². The van der Waals surface area contributed by atoms with E-state index in [0.29, 0.717) is 11.4 Å². The average Bonchev–Trinajstić information content (AvgIpc) is 2.14. The van der Waals surface area contributed by atoms with Crippen molar-refractivity contribution in [1.82, 2.24) is 0 Å². The average molecular weight is 239 g/mol. The third-order valence-corrected chi connectivity index (χ3v) is 5.71. The summed E-state index contributed by atoms with van der Waals surface area (Å²) in [4.78, 5) is 2.50. The van der Waals surface area contributed by atoms with Gasteiger partial charge in [-0.2, -0.15) is 0 Å². The molecule has 0 spiro atoms. The van der Waals surface area contributed by atoms with Crippen molar-refractivity contribution in [2.45, 2.75) is 30.4 Å². The molecule has 2 rings (SSSR count). The lowest BCUT2D eigenvalue weighted by molar-refractivity contribution is 0.534. The van der Waals surface area contributed by atoms with Crippen molar-refractivity contribution < 1.29 is 8.42 Å². The lowest BCUT2D eigenvalue weighted by Gasteiger charge is -2.38. The number of hydrogen-bond donors (Lipinski definition) is 0. The van der Waals surface area contributed by atoms with Crippen molar-refractivity contribution in [3.8, 4) is 0 Å². The van der Waals surface area contributed by atoms with Crippen LogP contribution >= 0.6 is 0 Å². The molecule has 0 fully saturated rings. The lowest BCUT2D eigenvalue weighted by atomic mass is 10.1. The van der Waals surface area contributed by atoms with E-state index in [2.05, 4.69) is 0 Å². The fourth-order valence-electron chi connectivity index (χ4n) is 2.37. The van der Waals surface area contributed by atoms with Gasteiger partial charge in [0.2, 0.25) is 0 Å². The van der Waals surface area contributed by atoms with Crippen LogP contribution in [-0.2, 0) is 9.84 Å². The van der Waals surface area contributed by atoms with Gasteiger partial charge in [-0.3, -0.25) is 0 Å². The van der Waals surface area contributed by atoms with Crippen molar-refractivity contribution in [2.24, 2.45) is 0 Å². The molecule has 16 heavy (non-hydrogen) atoms. The van der Waals surface area contributed by atoms with E-state index in [-0.39, 0.29) is 0 Å². The van der Waals surface area contributed by atoms with Gasteiger partial charge in [0.25, 0.3) is 0 Å². The summed E-state index contributed by atoms with van der Waals surface area (Å²) in [7, 11) is -1.27. The highest BCUT2D eigenvalue weighted by Crippen LogP contribution is 2.39. The third kappa shape index (κ3) is 1.36. The van der Waals surface area contributed by atoms with E-state index in [1.54, 1.807) is 26.0 Å². The Balaban J connectivity index is 2.80. The SMILES string of the molecule is Cc1cccc2c1N(C)CC(C)(C)S2(=O)=O. The molecule has 1 aliphatic heterocycles. The highest BCUT2D eigenvalue weighted by molar-refractivity contribution is 7.93. The molecule has 0 bridgehead atoms. The first-order chi connectivity index (χ1) is 7.27. The maximum absolute atomic E-state index is 12.4. The summed E-state index contributed by atoms with van der Waals surface area (Å²) in [6.45, 7) is 6.05. The highest BCUT2D eigenvalue weighted by atomic mass is 32.2. The minimum absolute atomic E-state index is 0.464. The number of anilines is 1. The van der Waals surface area contributed by atoms with Crippen LogP contribution in [0.3, 0.4) is 0 Å². The zero-order chi connectivity index (χ0) is 12.1. The van der Waals surface area contributed by atoms with Crippen LogP contribution in [0.4, 0.5) is 5.69 Å². The summed E-state index contributed by atoms with van der Waals surface area (Å²) in [5.41, 5.74) is 1.86. The monoisotopic (exact) mass is 239 g/mol. The quantitative estimate of drug-likeness (QED) is 0.695. The van der Waals surface area contributed by atoms with Crippen LogP contribution in [0.2, 0.25) is 0 Å². The summed E-state index contributed by atoms with van der Waals surface area (Å²) in [5.74, 6) is 0. The summed E-state index contributed by atoms with van der Waals surface area (Å²) >= 11 is 0. The van der Waals surface area contributed by atoms with Gasteiger partial charge in [-0.05, 0) is 32.4 Å². The molecule has 1 aromatic rings. The van der Waals surface area contributed by atoms with Gasteiger partial charge in [-0.25, -0.2) is 8.42 Å². The first-order valence-electron chi connectivity index (χ1n) is 5.33. The zero-order valence-corrected chi connectivity index (χ0v) is 10.9. The Kier molecular flexibility index (Phi) is 2.31. The zero-order valence-electron chi connectivity index (χ0n) is 10.1. The van der Waals surface area contributed by atoms with E-state index in [1.807, 2.05) is 24.9 Å². The number of benzene rings is 1. The topological polar surface area (TPSA) is 37.4 Å². The van der Waals surface area contributed by atoms with Crippen molar-refractivity contribution >= 4 is 15.5 Å². The van der Waals surface area contributed by atoms with E-state index in [4.69, 9.17) is 0 Å². The number of hydrogen-bond acceptors (Lipinski definition) is 3. The van der Waals surface area contributed by atoms with Gasteiger partial charge in [-0.1, -0.05) is 12.1 Å². The minimum Gasteiger partial charge on any atom is -0.372 e. The van der Waals surface area contributed by atoms with Gasteiger partial charge in [0, 0.05) is 13.6 Å². The Morgan fingerprint density at radius 2 is 1.94 bits per heavy atom. The molecular weight excluding hydrogens is 222 g/mol. The van der Waals surface area contributed by atoms with Gasteiger partial charge < -0.3 is 4.90 Å². The van der Waals surface area contributed by atoms with Crippen LogP contribution in [0, 0.1) is 6.92 Å². The van der Waals surface area contributed by atoms with Gasteiger partial charge in [-0.15, -0.1) is 0 Å². The number of fused-ring (bicyclic) bond motifs is 1. The molecule has 0 saturated heterocycles. The van der Waals surface area contributed by atoms with Crippen LogP contribution in [0.1, 0.15) is 19.4 Å². The molecule has 1 heterocycles. The fraction of sp³-hybridized carbons (Fsp3) is 0.500. The molecule has 3 nitrogen and oxygen atoms in total. The van der Waals surface area contributed by atoms with Crippen molar-refractivity contribution in [2.75, 3.05) is 18.5 Å². The summed E-state index contributed by atoms with van der Waals surface area (Å²) in [6, 6.07) is 5.46. The number of aryl methyl sites for hydroxylation is 1. The van der Waals surface area contributed by atoms with Gasteiger partial charge in [0.05, 0.1) is 15.3 Å².